The topological polar surface area (TPSA) is 101 Å². The Morgan fingerprint density at radius 3 is 2.65 bits per heavy atom. The van der Waals surface area contributed by atoms with E-state index in [2.05, 4.69) is 10.0 Å². The monoisotopic (exact) mass is 277 g/mol. The van der Waals surface area contributed by atoms with E-state index in [0.717, 1.165) is 0 Å². The molecule has 8 heteroatoms. The predicted molar refractivity (Wildman–Crippen MR) is 65.1 cm³/mol. The Kier molecular flexibility index (Phi) is 4.33. The number of nitrogen functional groups attached to an aromatic ring is 1. The Labute approximate surface area is 104 Å². The Hall–Kier alpha value is -1.31. The van der Waals surface area contributed by atoms with Gasteiger partial charge in [0, 0.05) is 12.7 Å². The van der Waals surface area contributed by atoms with Gasteiger partial charge in [-0.05, 0) is 18.2 Å². The van der Waals surface area contributed by atoms with Crippen molar-refractivity contribution >= 4 is 33.2 Å². The zero-order valence-electron chi connectivity index (χ0n) is 9.03. The second kappa shape index (κ2) is 5.35. The molecule has 0 atom stereocenters. The number of hydrogen-bond acceptors (Lipinski definition) is 4. The molecule has 0 aliphatic heterocycles. The molecule has 1 aromatic carbocycles. The van der Waals surface area contributed by atoms with E-state index < -0.39 is 15.9 Å². The van der Waals surface area contributed by atoms with Gasteiger partial charge in [0.25, 0.3) is 0 Å². The van der Waals surface area contributed by atoms with E-state index in [0.29, 0.717) is 5.69 Å². The maximum atomic E-state index is 11.8. The molecule has 0 aromatic heterocycles. The van der Waals surface area contributed by atoms with Gasteiger partial charge in [-0.1, -0.05) is 11.6 Å². The molecule has 17 heavy (non-hydrogen) atoms. The van der Waals surface area contributed by atoms with Crippen molar-refractivity contribution < 1.29 is 13.2 Å². The zero-order valence-corrected chi connectivity index (χ0v) is 10.6. The normalized spacial score (nSPS) is 11.2. The molecule has 0 fully saturated rings. The minimum atomic E-state index is -3.81. The fraction of sp³-hybridized carbons (Fsp3) is 0.222. The number of carbonyl (C=O) groups excluding carboxylic acids is 1. The lowest BCUT2D eigenvalue weighted by molar-refractivity contribution is -0.119. The third-order valence-electron chi connectivity index (χ3n) is 1.95. The molecule has 0 radical (unpaired) electrons. The summed E-state index contributed by atoms with van der Waals surface area (Å²) in [6, 6.07) is 4.03. The number of rotatable bonds is 4. The molecule has 1 aromatic rings. The minimum Gasteiger partial charge on any atom is -0.399 e. The first-order valence-electron chi connectivity index (χ1n) is 4.62. The summed E-state index contributed by atoms with van der Waals surface area (Å²) < 4.78 is 25.7. The van der Waals surface area contributed by atoms with Gasteiger partial charge in [0.05, 0.1) is 11.6 Å². The number of anilines is 1. The fourth-order valence-electron chi connectivity index (χ4n) is 1.06. The number of nitrogens with two attached hydrogens (primary N) is 1. The number of nitrogens with one attached hydrogen (secondary N) is 2. The first-order chi connectivity index (χ1) is 7.86. The van der Waals surface area contributed by atoms with Gasteiger partial charge in [-0.15, -0.1) is 0 Å². The van der Waals surface area contributed by atoms with E-state index in [1.165, 1.54) is 25.2 Å². The summed E-state index contributed by atoms with van der Waals surface area (Å²) in [5.74, 6) is -0.444. The summed E-state index contributed by atoms with van der Waals surface area (Å²) in [5.41, 5.74) is 5.81. The van der Waals surface area contributed by atoms with Crippen molar-refractivity contribution in [3.05, 3.63) is 23.2 Å². The molecule has 0 aliphatic carbocycles. The first-order valence-corrected chi connectivity index (χ1v) is 6.48. The van der Waals surface area contributed by atoms with Gasteiger partial charge in [0.2, 0.25) is 15.9 Å². The molecule has 0 aliphatic rings. The van der Waals surface area contributed by atoms with Gasteiger partial charge in [0.1, 0.15) is 4.90 Å². The Balaban J connectivity index is 2.94. The van der Waals surface area contributed by atoms with Crippen LogP contribution in [0.2, 0.25) is 5.02 Å². The zero-order chi connectivity index (χ0) is 13.1. The van der Waals surface area contributed by atoms with Crippen LogP contribution in [0.25, 0.3) is 0 Å². The lowest BCUT2D eigenvalue weighted by atomic mass is 10.3. The van der Waals surface area contributed by atoms with E-state index in [1.807, 2.05) is 0 Å². The van der Waals surface area contributed by atoms with Crippen LogP contribution in [0.3, 0.4) is 0 Å². The number of amides is 1. The summed E-state index contributed by atoms with van der Waals surface area (Å²) in [6.45, 7) is -0.348. The molecule has 1 amide bonds. The van der Waals surface area contributed by atoms with Gasteiger partial charge in [-0.2, -0.15) is 0 Å². The van der Waals surface area contributed by atoms with Crippen LogP contribution in [-0.2, 0) is 14.8 Å². The molecule has 6 nitrogen and oxygen atoms in total. The van der Waals surface area contributed by atoms with E-state index in [1.54, 1.807) is 0 Å². The standard InChI is InChI=1S/C9H12ClN3O3S/c1-12-9(14)5-13-17(15,16)8-3-2-6(11)4-7(8)10/h2-4,13H,5,11H2,1H3,(H,12,14). The van der Waals surface area contributed by atoms with E-state index >= 15 is 0 Å². The van der Waals surface area contributed by atoms with Crippen LogP contribution >= 0.6 is 11.6 Å². The molecule has 4 N–H and O–H groups in total. The van der Waals surface area contributed by atoms with Crippen LogP contribution in [0.1, 0.15) is 0 Å². The van der Waals surface area contributed by atoms with Crippen molar-refractivity contribution in [2.24, 2.45) is 0 Å². The van der Waals surface area contributed by atoms with Crippen molar-refractivity contribution in [1.29, 1.82) is 0 Å². The maximum Gasteiger partial charge on any atom is 0.242 e. The number of sulfonamides is 1. The molecular weight excluding hydrogens is 266 g/mol. The molecule has 94 valence electrons. The van der Waals surface area contributed by atoms with E-state index in [-0.39, 0.29) is 16.5 Å². The lowest BCUT2D eigenvalue weighted by Gasteiger charge is -2.08. The molecule has 0 unspecified atom stereocenters. The van der Waals surface area contributed by atoms with Crippen molar-refractivity contribution in [3.63, 3.8) is 0 Å². The number of benzene rings is 1. The minimum absolute atomic E-state index is 0.00871. The number of hydrogen-bond donors (Lipinski definition) is 3. The molecule has 0 spiro atoms. The highest BCUT2D eigenvalue weighted by molar-refractivity contribution is 7.89. The Morgan fingerprint density at radius 1 is 1.47 bits per heavy atom. The molecule has 0 saturated heterocycles. The highest BCUT2D eigenvalue weighted by atomic mass is 35.5. The van der Waals surface area contributed by atoms with E-state index in [4.69, 9.17) is 17.3 Å². The second-order valence-electron chi connectivity index (χ2n) is 3.19. The van der Waals surface area contributed by atoms with E-state index in [9.17, 15) is 13.2 Å². The fourth-order valence-corrected chi connectivity index (χ4v) is 2.59. The highest BCUT2D eigenvalue weighted by Crippen LogP contribution is 2.23. The van der Waals surface area contributed by atoms with Crippen LogP contribution < -0.4 is 15.8 Å². The molecular formula is C9H12ClN3O3S. The van der Waals surface area contributed by atoms with Crippen LogP contribution in [0.15, 0.2) is 23.1 Å². The largest absolute Gasteiger partial charge is 0.399 e. The van der Waals surface area contributed by atoms with Crippen molar-refractivity contribution in [3.8, 4) is 0 Å². The van der Waals surface area contributed by atoms with Gasteiger partial charge in [-0.3, -0.25) is 4.79 Å². The van der Waals surface area contributed by atoms with Crippen molar-refractivity contribution in [1.82, 2.24) is 10.0 Å². The smallest absolute Gasteiger partial charge is 0.242 e. The summed E-state index contributed by atoms with van der Waals surface area (Å²) >= 11 is 5.76. The Bertz CT molecular complexity index is 530. The van der Waals surface area contributed by atoms with Crippen LogP contribution in [0.4, 0.5) is 5.69 Å². The molecule has 1 rings (SSSR count). The maximum absolute atomic E-state index is 11.8. The van der Waals surface area contributed by atoms with Crippen LogP contribution in [-0.4, -0.2) is 27.9 Å². The van der Waals surface area contributed by atoms with Gasteiger partial charge in [-0.25, -0.2) is 13.1 Å². The quantitative estimate of drug-likeness (QED) is 0.672. The first kappa shape index (κ1) is 13.8. The van der Waals surface area contributed by atoms with Crippen molar-refractivity contribution in [2.45, 2.75) is 4.90 Å². The van der Waals surface area contributed by atoms with Crippen LogP contribution in [0.5, 0.6) is 0 Å². The van der Waals surface area contributed by atoms with Crippen molar-refractivity contribution in [2.75, 3.05) is 19.3 Å². The molecule has 0 saturated carbocycles. The third-order valence-corrected chi connectivity index (χ3v) is 3.83. The average molecular weight is 278 g/mol. The lowest BCUT2D eigenvalue weighted by Crippen LogP contribution is -2.35. The van der Waals surface area contributed by atoms with Gasteiger partial charge < -0.3 is 11.1 Å². The predicted octanol–water partition coefficient (Wildman–Crippen LogP) is -0.0535. The van der Waals surface area contributed by atoms with Crippen LogP contribution in [0, 0.1) is 0 Å². The second-order valence-corrected chi connectivity index (χ2v) is 5.33. The Morgan fingerprint density at radius 2 is 2.12 bits per heavy atom. The number of likely N-dealkylation sites (N-methyl/N-ethyl adjacent to an activating group) is 1. The SMILES string of the molecule is CNC(=O)CNS(=O)(=O)c1ccc(N)cc1Cl. The summed E-state index contributed by atoms with van der Waals surface area (Å²) in [5, 5.41) is 2.30. The number of halogens is 1. The average Bonchev–Trinajstić information content (AvgIpc) is 2.25. The number of carbonyl (C=O) groups is 1. The molecule has 0 heterocycles. The van der Waals surface area contributed by atoms with Gasteiger partial charge >= 0.3 is 0 Å². The summed E-state index contributed by atoms with van der Waals surface area (Å²) in [7, 11) is -2.40. The third kappa shape index (κ3) is 3.58. The van der Waals surface area contributed by atoms with Gasteiger partial charge in [0.15, 0.2) is 0 Å². The highest BCUT2D eigenvalue weighted by Gasteiger charge is 2.18. The molecule has 0 bridgehead atoms. The summed E-state index contributed by atoms with van der Waals surface area (Å²) in [4.78, 5) is 10.8. The summed E-state index contributed by atoms with van der Waals surface area (Å²) in [6.07, 6.45) is 0.